The van der Waals surface area contributed by atoms with Gasteiger partial charge in [0.25, 0.3) is 0 Å². The molecule has 0 amide bonds. The minimum Gasteiger partial charge on any atom is -0.289 e. The second-order valence-electron chi connectivity index (χ2n) is 3.73. The van der Waals surface area contributed by atoms with Crippen LogP contribution in [0.15, 0.2) is 59.1 Å². The first-order valence-electron chi connectivity index (χ1n) is 5.39. The molecule has 2 rings (SSSR count). The summed E-state index contributed by atoms with van der Waals surface area (Å²) in [6, 6.07) is 13.5. The van der Waals surface area contributed by atoms with Gasteiger partial charge in [0, 0.05) is 4.47 Å². The molecule has 0 spiro atoms. The van der Waals surface area contributed by atoms with E-state index in [0.717, 1.165) is 10.0 Å². The van der Waals surface area contributed by atoms with Gasteiger partial charge >= 0.3 is 0 Å². The Morgan fingerprint density at radius 2 is 1.72 bits per heavy atom. The molecule has 1 nitrogen and oxygen atoms in total. The molecule has 90 valence electrons. The van der Waals surface area contributed by atoms with Gasteiger partial charge in [-0.05, 0) is 35.9 Å². The standard InChI is InChI=1S/C15H10BrFO/c16-12-8-5-11(6-9-12)7-10-15(18)13-3-1-2-4-14(13)17/h1-10H/b10-7+. The molecule has 0 aromatic heterocycles. The molecule has 0 aliphatic carbocycles. The highest BCUT2D eigenvalue weighted by atomic mass is 79.9. The Labute approximate surface area is 113 Å². The van der Waals surface area contributed by atoms with Crippen molar-refractivity contribution in [3.05, 3.63) is 76.0 Å². The molecule has 0 aliphatic heterocycles. The average Bonchev–Trinajstić information content (AvgIpc) is 2.38. The van der Waals surface area contributed by atoms with E-state index in [0.29, 0.717) is 0 Å². The van der Waals surface area contributed by atoms with Gasteiger partial charge in [0.05, 0.1) is 5.56 Å². The normalized spacial score (nSPS) is 10.8. The lowest BCUT2D eigenvalue weighted by atomic mass is 10.1. The zero-order chi connectivity index (χ0) is 13.0. The first-order valence-corrected chi connectivity index (χ1v) is 6.18. The summed E-state index contributed by atoms with van der Waals surface area (Å²) in [7, 11) is 0. The van der Waals surface area contributed by atoms with E-state index in [1.54, 1.807) is 18.2 Å². The van der Waals surface area contributed by atoms with E-state index in [4.69, 9.17) is 0 Å². The van der Waals surface area contributed by atoms with Crippen LogP contribution in [0.3, 0.4) is 0 Å². The smallest absolute Gasteiger partial charge is 0.188 e. The van der Waals surface area contributed by atoms with Crippen LogP contribution in [-0.4, -0.2) is 5.78 Å². The van der Waals surface area contributed by atoms with Gasteiger partial charge in [0.2, 0.25) is 0 Å². The summed E-state index contributed by atoms with van der Waals surface area (Å²) in [4.78, 5) is 11.8. The number of rotatable bonds is 3. The van der Waals surface area contributed by atoms with E-state index < -0.39 is 5.82 Å². The van der Waals surface area contributed by atoms with Crippen molar-refractivity contribution >= 4 is 27.8 Å². The van der Waals surface area contributed by atoms with Crippen molar-refractivity contribution < 1.29 is 9.18 Å². The molecule has 0 bridgehead atoms. The molecule has 0 aliphatic rings. The molecule has 0 N–H and O–H groups in total. The summed E-state index contributed by atoms with van der Waals surface area (Å²) in [5.74, 6) is -0.834. The molecular formula is C15H10BrFO. The summed E-state index contributed by atoms with van der Waals surface area (Å²) in [6.07, 6.45) is 3.04. The van der Waals surface area contributed by atoms with Crippen molar-refractivity contribution in [2.45, 2.75) is 0 Å². The zero-order valence-electron chi connectivity index (χ0n) is 9.44. The molecule has 0 saturated carbocycles. The van der Waals surface area contributed by atoms with E-state index in [1.807, 2.05) is 24.3 Å². The van der Waals surface area contributed by atoms with Crippen LogP contribution in [0, 0.1) is 5.82 Å². The Morgan fingerprint density at radius 3 is 2.39 bits per heavy atom. The minimum atomic E-state index is -0.497. The summed E-state index contributed by atoms with van der Waals surface area (Å²) < 4.78 is 14.3. The van der Waals surface area contributed by atoms with E-state index in [9.17, 15) is 9.18 Å². The van der Waals surface area contributed by atoms with Gasteiger partial charge in [-0.3, -0.25) is 4.79 Å². The Morgan fingerprint density at radius 1 is 1.06 bits per heavy atom. The van der Waals surface area contributed by atoms with Gasteiger partial charge in [-0.1, -0.05) is 46.3 Å². The fourth-order valence-electron chi connectivity index (χ4n) is 1.50. The summed E-state index contributed by atoms with van der Waals surface area (Å²) in [5, 5.41) is 0. The second-order valence-corrected chi connectivity index (χ2v) is 4.64. The molecule has 0 heterocycles. The molecule has 3 heteroatoms. The largest absolute Gasteiger partial charge is 0.289 e. The molecular weight excluding hydrogens is 295 g/mol. The zero-order valence-corrected chi connectivity index (χ0v) is 11.0. The maximum absolute atomic E-state index is 13.4. The predicted molar refractivity (Wildman–Crippen MR) is 73.9 cm³/mol. The van der Waals surface area contributed by atoms with Crippen LogP contribution in [0.4, 0.5) is 4.39 Å². The van der Waals surface area contributed by atoms with Gasteiger partial charge in [-0.15, -0.1) is 0 Å². The third-order valence-corrected chi connectivity index (χ3v) is 2.97. The van der Waals surface area contributed by atoms with E-state index >= 15 is 0 Å². The Bertz CT molecular complexity index is 588. The van der Waals surface area contributed by atoms with Crippen LogP contribution in [0.2, 0.25) is 0 Å². The van der Waals surface area contributed by atoms with Gasteiger partial charge in [-0.25, -0.2) is 4.39 Å². The summed E-state index contributed by atoms with van der Waals surface area (Å²) >= 11 is 3.33. The van der Waals surface area contributed by atoms with Crippen LogP contribution < -0.4 is 0 Å². The number of hydrogen-bond donors (Lipinski definition) is 0. The number of carbonyl (C=O) groups is 1. The molecule has 0 saturated heterocycles. The maximum Gasteiger partial charge on any atom is 0.188 e. The topological polar surface area (TPSA) is 17.1 Å². The van der Waals surface area contributed by atoms with Crippen LogP contribution in [-0.2, 0) is 0 Å². The van der Waals surface area contributed by atoms with Crippen molar-refractivity contribution in [3.8, 4) is 0 Å². The number of halogens is 2. The fourth-order valence-corrected chi connectivity index (χ4v) is 1.76. The number of benzene rings is 2. The predicted octanol–water partition coefficient (Wildman–Crippen LogP) is 4.48. The Balaban J connectivity index is 2.17. The van der Waals surface area contributed by atoms with Gasteiger partial charge in [-0.2, -0.15) is 0 Å². The summed E-state index contributed by atoms with van der Waals surface area (Å²) in [6.45, 7) is 0. The molecule has 2 aromatic carbocycles. The number of hydrogen-bond acceptors (Lipinski definition) is 1. The van der Waals surface area contributed by atoms with Crippen LogP contribution >= 0.6 is 15.9 Å². The van der Waals surface area contributed by atoms with Crippen molar-refractivity contribution in [1.29, 1.82) is 0 Å². The highest BCUT2D eigenvalue weighted by Gasteiger charge is 2.06. The van der Waals surface area contributed by atoms with Gasteiger partial charge < -0.3 is 0 Å². The third kappa shape index (κ3) is 3.14. The molecule has 2 aromatic rings. The van der Waals surface area contributed by atoms with Crippen LogP contribution in [0.1, 0.15) is 15.9 Å². The highest BCUT2D eigenvalue weighted by Crippen LogP contribution is 2.13. The van der Waals surface area contributed by atoms with Crippen molar-refractivity contribution in [2.24, 2.45) is 0 Å². The second kappa shape index (κ2) is 5.74. The van der Waals surface area contributed by atoms with Crippen molar-refractivity contribution in [2.75, 3.05) is 0 Å². The molecule has 18 heavy (non-hydrogen) atoms. The van der Waals surface area contributed by atoms with E-state index in [2.05, 4.69) is 15.9 Å². The van der Waals surface area contributed by atoms with Gasteiger partial charge in [0.15, 0.2) is 5.78 Å². The monoisotopic (exact) mass is 304 g/mol. The molecule has 0 atom stereocenters. The average molecular weight is 305 g/mol. The highest BCUT2D eigenvalue weighted by molar-refractivity contribution is 9.10. The van der Waals surface area contributed by atoms with Gasteiger partial charge in [0.1, 0.15) is 5.82 Å². The number of carbonyl (C=O) groups excluding carboxylic acids is 1. The number of allylic oxidation sites excluding steroid dienone is 1. The maximum atomic E-state index is 13.4. The summed E-state index contributed by atoms with van der Waals surface area (Å²) in [5.41, 5.74) is 0.980. The van der Waals surface area contributed by atoms with E-state index in [-0.39, 0.29) is 11.3 Å². The fraction of sp³-hybridized carbons (Fsp3) is 0. The molecule has 0 unspecified atom stereocenters. The Kier molecular flexibility index (Phi) is 4.05. The first-order chi connectivity index (χ1) is 8.66. The lowest BCUT2D eigenvalue weighted by molar-refractivity contribution is 0.104. The first kappa shape index (κ1) is 12.7. The lowest BCUT2D eigenvalue weighted by Gasteiger charge is -1.97. The third-order valence-electron chi connectivity index (χ3n) is 2.44. The lowest BCUT2D eigenvalue weighted by Crippen LogP contribution is -1.97. The Hall–Kier alpha value is -1.74. The minimum absolute atomic E-state index is 0.0888. The van der Waals surface area contributed by atoms with Crippen molar-refractivity contribution in [1.82, 2.24) is 0 Å². The van der Waals surface area contributed by atoms with Crippen LogP contribution in [0.5, 0.6) is 0 Å². The SMILES string of the molecule is O=C(/C=C/c1ccc(Br)cc1)c1ccccc1F. The van der Waals surface area contributed by atoms with Crippen molar-refractivity contribution in [3.63, 3.8) is 0 Å². The quantitative estimate of drug-likeness (QED) is 0.603. The number of ketones is 1. The molecule has 0 fully saturated rings. The molecule has 0 radical (unpaired) electrons. The van der Waals surface area contributed by atoms with Crippen LogP contribution in [0.25, 0.3) is 6.08 Å². The van der Waals surface area contributed by atoms with E-state index in [1.165, 1.54) is 18.2 Å².